The highest BCUT2D eigenvalue weighted by molar-refractivity contribution is 6.18. The van der Waals surface area contributed by atoms with Crippen molar-refractivity contribution >= 4 is 27.7 Å². The van der Waals surface area contributed by atoms with Crippen molar-refractivity contribution in [2.24, 2.45) is 5.73 Å². The number of amides is 1. The van der Waals surface area contributed by atoms with Gasteiger partial charge in [0.1, 0.15) is 0 Å². The average Bonchev–Trinajstić information content (AvgIpc) is 3.07. The fourth-order valence-corrected chi connectivity index (χ4v) is 4.22. The summed E-state index contributed by atoms with van der Waals surface area (Å²) in [6.07, 6.45) is 0. The summed E-state index contributed by atoms with van der Waals surface area (Å²) in [7, 11) is 0. The lowest BCUT2D eigenvalue weighted by Crippen LogP contribution is -2.11. The van der Waals surface area contributed by atoms with Crippen molar-refractivity contribution in [2.75, 3.05) is 0 Å². The molecule has 0 spiro atoms. The molecule has 1 radical (unpaired) electrons. The molecule has 145 valence electrons. The smallest absolute Gasteiger partial charge is 0.249 e. The van der Waals surface area contributed by atoms with Gasteiger partial charge in [0.15, 0.2) is 0 Å². The molecule has 0 saturated carbocycles. The van der Waals surface area contributed by atoms with Crippen LogP contribution >= 0.6 is 0 Å². The molecule has 5 rings (SSSR count). The maximum absolute atomic E-state index is 12.2. The third-order valence-electron chi connectivity index (χ3n) is 5.59. The van der Waals surface area contributed by atoms with Crippen molar-refractivity contribution in [2.45, 2.75) is 13.5 Å². The third kappa shape index (κ3) is 3.05. The molecule has 0 aliphatic heterocycles. The van der Waals surface area contributed by atoms with Crippen molar-refractivity contribution in [3.05, 3.63) is 108 Å². The quantitative estimate of drug-likeness (QED) is 0.420. The van der Waals surface area contributed by atoms with Crippen LogP contribution in [-0.2, 0) is 6.54 Å². The van der Waals surface area contributed by atoms with Gasteiger partial charge in [-0.1, -0.05) is 66.2 Å². The Morgan fingerprint density at radius 1 is 0.900 bits per heavy atom. The average molecular weight is 389 g/mol. The molecular formula is C27H21N2O. The highest BCUT2D eigenvalue weighted by atomic mass is 16.1. The van der Waals surface area contributed by atoms with Crippen LogP contribution in [0.25, 0.3) is 32.9 Å². The predicted octanol–water partition coefficient (Wildman–Crippen LogP) is 5.72. The molecule has 1 heterocycles. The zero-order valence-corrected chi connectivity index (χ0v) is 16.7. The molecule has 30 heavy (non-hydrogen) atoms. The topological polar surface area (TPSA) is 48.0 Å². The van der Waals surface area contributed by atoms with Gasteiger partial charge in [-0.05, 0) is 53.9 Å². The van der Waals surface area contributed by atoms with Gasteiger partial charge < -0.3 is 10.3 Å². The van der Waals surface area contributed by atoms with Crippen LogP contribution in [0.4, 0.5) is 0 Å². The molecule has 5 aromatic rings. The number of aromatic nitrogens is 1. The van der Waals surface area contributed by atoms with Crippen LogP contribution in [0.2, 0.25) is 0 Å². The van der Waals surface area contributed by atoms with Gasteiger partial charge in [-0.3, -0.25) is 4.79 Å². The van der Waals surface area contributed by atoms with E-state index in [1.165, 1.54) is 11.1 Å². The van der Waals surface area contributed by atoms with Gasteiger partial charge in [0, 0.05) is 22.9 Å². The lowest BCUT2D eigenvalue weighted by atomic mass is 10.0. The maximum Gasteiger partial charge on any atom is 0.249 e. The van der Waals surface area contributed by atoms with Crippen LogP contribution in [0.1, 0.15) is 21.5 Å². The fraction of sp³-hybridized carbons (Fsp3) is 0.0741. The van der Waals surface area contributed by atoms with E-state index >= 15 is 0 Å². The predicted molar refractivity (Wildman–Crippen MR) is 123 cm³/mol. The van der Waals surface area contributed by atoms with Crippen molar-refractivity contribution < 1.29 is 4.79 Å². The molecule has 3 heteroatoms. The highest BCUT2D eigenvalue weighted by Gasteiger charge is 2.17. The summed E-state index contributed by atoms with van der Waals surface area (Å²) in [4.78, 5) is 12.2. The largest absolute Gasteiger partial charge is 0.366 e. The summed E-state index contributed by atoms with van der Waals surface area (Å²) in [5.41, 5.74) is 12.9. The van der Waals surface area contributed by atoms with E-state index in [-0.39, 0.29) is 0 Å². The molecule has 4 aromatic carbocycles. The Morgan fingerprint density at radius 2 is 1.70 bits per heavy atom. The molecule has 2 N–H and O–H groups in total. The van der Waals surface area contributed by atoms with E-state index in [1.54, 1.807) is 6.07 Å². The minimum atomic E-state index is -0.421. The number of rotatable bonds is 4. The molecule has 0 aliphatic carbocycles. The summed E-state index contributed by atoms with van der Waals surface area (Å²) in [6.45, 7) is 2.80. The molecule has 1 aromatic heterocycles. The maximum atomic E-state index is 12.2. The number of hydrogen-bond donors (Lipinski definition) is 1. The second-order valence-corrected chi connectivity index (χ2v) is 7.65. The summed E-state index contributed by atoms with van der Waals surface area (Å²) in [6, 6.07) is 32.1. The van der Waals surface area contributed by atoms with Crippen molar-refractivity contribution in [1.29, 1.82) is 0 Å². The zero-order valence-electron chi connectivity index (χ0n) is 16.7. The molecule has 0 unspecified atom stereocenters. The number of primary amides is 1. The number of fused-ring (bicyclic) bond motifs is 3. The van der Waals surface area contributed by atoms with Gasteiger partial charge in [-0.25, -0.2) is 0 Å². The Morgan fingerprint density at radius 3 is 2.47 bits per heavy atom. The van der Waals surface area contributed by atoms with Crippen LogP contribution in [0.3, 0.4) is 0 Å². The number of nitrogens with zero attached hydrogens (tertiary/aromatic N) is 1. The first-order chi connectivity index (χ1) is 14.6. The molecule has 0 aliphatic rings. The highest BCUT2D eigenvalue weighted by Crippen LogP contribution is 2.34. The van der Waals surface area contributed by atoms with Gasteiger partial charge in [0.25, 0.3) is 0 Å². The second-order valence-electron chi connectivity index (χ2n) is 7.65. The van der Waals surface area contributed by atoms with Gasteiger partial charge in [-0.2, -0.15) is 0 Å². The van der Waals surface area contributed by atoms with Crippen LogP contribution in [-0.4, -0.2) is 10.5 Å². The molecule has 1 amide bonds. The lowest BCUT2D eigenvalue weighted by molar-refractivity contribution is 0.100. The van der Waals surface area contributed by atoms with E-state index in [0.29, 0.717) is 12.1 Å². The van der Waals surface area contributed by atoms with E-state index in [9.17, 15) is 4.79 Å². The summed E-state index contributed by atoms with van der Waals surface area (Å²) in [5, 5.41) is 1.79. The lowest BCUT2D eigenvalue weighted by Gasteiger charge is -2.10. The molecule has 0 bridgehead atoms. The minimum Gasteiger partial charge on any atom is -0.366 e. The Kier molecular flexibility index (Phi) is 4.36. The summed E-state index contributed by atoms with van der Waals surface area (Å²) < 4.78 is 2.26. The van der Waals surface area contributed by atoms with Gasteiger partial charge in [-0.15, -0.1) is 0 Å². The first-order valence-electron chi connectivity index (χ1n) is 9.99. The van der Waals surface area contributed by atoms with Crippen LogP contribution in [0.5, 0.6) is 0 Å². The molecule has 0 fully saturated rings. The second kappa shape index (κ2) is 7.20. The van der Waals surface area contributed by atoms with Crippen molar-refractivity contribution in [1.82, 2.24) is 4.57 Å². The monoisotopic (exact) mass is 389 g/mol. The molecule has 3 nitrogen and oxygen atoms in total. The van der Waals surface area contributed by atoms with Crippen LogP contribution < -0.4 is 5.73 Å². The first kappa shape index (κ1) is 18.2. The Bertz CT molecular complexity index is 1400. The molecule has 0 atom stereocenters. The number of benzene rings is 4. The van der Waals surface area contributed by atoms with Crippen molar-refractivity contribution in [3.63, 3.8) is 0 Å². The standard InChI is InChI=1S/C27H21N2O/c1-18-7-5-8-19(15-18)17-29-24-12-6-11-23(27(28)30)26(24)22-14-13-21(16-25(22)29)20-9-3-2-4-10-20/h2-13,15-16H,17H2,1H3,(H2,28,30). The molecular weight excluding hydrogens is 368 g/mol. The van der Waals surface area contributed by atoms with Gasteiger partial charge in [0.05, 0.1) is 11.0 Å². The van der Waals surface area contributed by atoms with Gasteiger partial charge in [0.2, 0.25) is 5.91 Å². The van der Waals surface area contributed by atoms with Gasteiger partial charge >= 0.3 is 0 Å². The normalized spacial score (nSPS) is 11.2. The first-order valence-corrected chi connectivity index (χ1v) is 9.99. The summed E-state index contributed by atoms with van der Waals surface area (Å²) >= 11 is 0. The van der Waals surface area contributed by atoms with E-state index < -0.39 is 5.91 Å². The Labute approximate surface area is 175 Å². The number of hydrogen-bond acceptors (Lipinski definition) is 1. The van der Waals surface area contributed by atoms with E-state index in [0.717, 1.165) is 32.9 Å². The Balaban J connectivity index is 1.81. The van der Waals surface area contributed by atoms with Crippen molar-refractivity contribution in [3.8, 4) is 11.1 Å². The zero-order chi connectivity index (χ0) is 20.7. The fourth-order valence-electron chi connectivity index (χ4n) is 4.22. The molecule has 0 saturated heterocycles. The van der Waals surface area contributed by atoms with E-state index in [2.05, 4.69) is 60.0 Å². The van der Waals surface area contributed by atoms with Crippen LogP contribution in [0.15, 0.2) is 84.9 Å². The van der Waals surface area contributed by atoms with E-state index in [1.807, 2.05) is 36.4 Å². The minimum absolute atomic E-state index is 0.421. The number of carbonyl (C=O) groups is 1. The third-order valence-corrected chi connectivity index (χ3v) is 5.59. The van der Waals surface area contributed by atoms with Crippen LogP contribution in [0, 0.1) is 13.0 Å². The SMILES string of the molecule is Cc1cccc(Cn2c3cc(-c4ccccc4)c[c]c3c3c(C(N)=O)cccc32)c1. The number of carbonyl (C=O) groups excluding carboxylic acids is 1. The number of nitrogens with two attached hydrogens (primary N) is 1. The van der Waals surface area contributed by atoms with E-state index in [4.69, 9.17) is 5.73 Å². The summed E-state index contributed by atoms with van der Waals surface area (Å²) in [5.74, 6) is -0.421. The number of aryl methyl sites for hydroxylation is 1. The Hall–Kier alpha value is -3.85.